The summed E-state index contributed by atoms with van der Waals surface area (Å²) in [6.45, 7) is 14.5. The molecule has 13 heteroatoms. The molecule has 4 aromatic carbocycles. The minimum Gasteiger partial charge on any atom is -0.462 e. The van der Waals surface area contributed by atoms with Crippen LogP contribution in [0.3, 0.4) is 0 Å². The van der Waals surface area contributed by atoms with Crippen molar-refractivity contribution in [2.75, 3.05) is 38.2 Å². The summed E-state index contributed by atoms with van der Waals surface area (Å²) in [6, 6.07) is 32.6. The molecule has 0 unspecified atom stereocenters. The van der Waals surface area contributed by atoms with Gasteiger partial charge in [0, 0.05) is 47.8 Å². The molecular weight excluding hydrogens is 831 g/mol. The van der Waals surface area contributed by atoms with Crippen molar-refractivity contribution < 1.29 is 23.1 Å². The third-order valence-electron chi connectivity index (χ3n) is 13.0. The summed E-state index contributed by atoms with van der Waals surface area (Å²) in [5.74, 6) is -0.0576. The van der Waals surface area contributed by atoms with E-state index in [4.69, 9.17) is 40.5 Å². The van der Waals surface area contributed by atoms with E-state index in [1.165, 1.54) is 10.4 Å². The molecule has 3 fully saturated rings. The fraction of sp³-hybridized carbons (Fsp3) is 0.400. The number of ether oxygens (including phenoxy) is 2. The second-order valence-electron chi connectivity index (χ2n) is 19.4. The van der Waals surface area contributed by atoms with E-state index in [1.54, 1.807) is 12.3 Å². The summed E-state index contributed by atoms with van der Waals surface area (Å²) >= 11 is 6.73. The van der Waals surface area contributed by atoms with Gasteiger partial charge in [-0.3, -0.25) is 14.8 Å². The molecule has 328 valence electrons. The van der Waals surface area contributed by atoms with Crippen LogP contribution in [0.1, 0.15) is 60.8 Å². The van der Waals surface area contributed by atoms with Crippen molar-refractivity contribution in [1.82, 2.24) is 24.8 Å². The molecule has 5 heterocycles. The Bertz CT molecular complexity index is 2590. The number of fused-ring (bicyclic) bond motifs is 4. The van der Waals surface area contributed by atoms with Crippen LogP contribution in [-0.2, 0) is 9.16 Å². The zero-order valence-corrected chi connectivity index (χ0v) is 38.9. The molecule has 2 aromatic heterocycles. The van der Waals surface area contributed by atoms with Crippen molar-refractivity contribution in [2.45, 2.75) is 95.7 Å². The number of aromatic nitrogens is 3. The number of amides is 1. The lowest BCUT2D eigenvalue weighted by Gasteiger charge is -2.44. The molecule has 10 nitrogen and oxygen atoms in total. The Morgan fingerprint density at radius 2 is 1.48 bits per heavy atom. The van der Waals surface area contributed by atoms with Crippen LogP contribution < -0.4 is 20.0 Å². The maximum Gasteiger partial charge on any atom is 0.410 e. The lowest BCUT2D eigenvalue weighted by atomic mass is 10.0. The van der Waals surface area contributed by atoms with Crippen LogP contribution in [0.2, 0.25) is 10.1 Å². The second-order valence-corrected chi connectivity index (χ2v) is 24.0. The zero-order chi connectivity index (χ0) is 44.3. The number of rotatable bonds is 9. The SMILES string of the molecule is CN1C[C@H](O[Si](c2ccccc2)(c2ccccc2)C(C)(C)C)C[C@H]1COc1nc(N2C[C@H]3CC[C@@H](C2)N3C(=O)OC(C)(C)C)c2cnc(-c3cccc4cccc(Cl)c34)c(F)c2n1. The smallest absolute Gasteiger partial charge is 0.410 e. The molecule has 1 amide bonds. The van der Waals surface area contributed by atoms with Gasteiger partial charge in [-0.15, -0.1) is 0 Å². The predicted octanol–water partition coefficient (Wildman–Crippen LogP) is 9.25. The number of pyridine rings is 1. The van der Waals surface area contributed by atoms with Crippen molar-refractivity contribution in [3.05, 3.63) is 114 Å². The Labute approximate surface area is 375 Å². The van der Waals surface area contributed by atoms with Crippen molar-refractivity contribution in [3.63, 3.8) is 0 Å². The minimum absolute atomic E-state index is 0.0140. The van der Waals surface area contributed by atoms with Gasteiger partial charge in [0.1, 0.15) is 29.2 Å². The van der Waals surface area contributed by atoms with E-state index in [-0.39, 0.29) is 59.2 Å². The van der Waals surface area contributed by atoms with Gasteiger partial charge >= 0.3 is 12.1 Å². The van der Waals surface area contributed by atoms with Crippen molar-refractivity contribution in [3.8, 4) is 17.3 Å². The second kappa shape index (κ2) is 16.8. The summed E-state index contributed by atoms with van der Waals surface area (Å²) in [5, 5.41) is 4.89. The number of benzene rings is 4. The molecule has 6 aromatic rings. The Kier molecular flexibility index (Phi) is 11.5. The lowest BCUT2D eigenvalue weighted by molar-refractivity contribution is 0.0122. The molecule has 0 spiro atoms. The van der Waals surface area contributed by atoms with Crippen LogP contribution in [0, 0.1) is 5.82 Å². The van der Waals surface area contributed by atoms with Gasteiger partial charge in [-0.1, -0.05) is 123 Å². The van der Waals surface area contributed by atoms with Gasteiger partial charge in [-0.05, 0) is 73.9 Å². The highest BCUT2D eigenvalue weighted by atomic mass is 35.5. The average Bonchev–Trinajstić information content (AvgIpc) is 3.74. The number of likely N-dealkylation sites (N-methyl/N-ethyl adjacent to an activating group) is 1. The van der Waals surface area contributed by atoms with Gasteiger partial charge in [0.25, 0.3) is 8.32 Å². The van der Waals surface area contributed by atoms with Crippen LogP contribution >= 0.6 is 11.6 Å². The number of carbonyl (C=O) groups excluding carboxylic acids is 1. The first-order valence-electron chi connectivity index (χ1n) is 22.0. The topological polar surface area (TPSA) is 93.2 Å². The number of hydrogen-bond acceptors (Lipinski definition) is 9. The number of carbonyl (C=O) groups is 1. The van der Waals surface area contributed by atoms with E-state index in [2.05, 4.69) is 98.3 Å². The molecular formula is C50H56ClFN6O4Si. The highest BCUT2D eigenvalue weighted by molar-refractivity contribution is 6.99. The molecule has 63 heavy (non-hydrogen) atoms. The average molecular weight is 888 g/mol. The minimum atomic E-state index is -2.79. The number of likely N-dealkylation sites (tertiary alicyclic amines) is 1. The largest absolute Gasteiger partial charge is 0.462 e. The number of halogens is 2. The normalized spacial score (nSPS) is 20.8. The molecule has 0 radical (unpaired) electrons. The monoisotopic (exact) mass is 886 g/mol. The van der Waals surface area contributed by atoms with Gasteiger partial charge in [-0.25, -0.2) is 9.18 Å². The summed E-state index contributed by atoms with van der Waals surface area (Å²) in [6.07, 6.45) is 3.69. The fourth-order valence-corrected chi connectivity index (χ4v) is 15.1. The predicted molar refractivity (Wildman–Crippen MR) is 251 cm³/mol. The third-order valence-corrected chi connectivity index (χ3v) is 18.4. The molecule has 3 saturated heterocycles. The van der Waals surface area contributed by atoms with Crippen LogP contribution in [0.25, 0.3) is 32.9 Å². The molecule has 2 bridgehead atoms. The maximum atomic E-state index is 17.3. The molecule has 3 aliphatic heterocycles. The summed E-state index contributed by atoms with van der Waals surface area (Å²) in [4.78, 5) is 34.2. The van der Waals surface area contributed by atoms with Crippen LogP contribution in [0.15, 0.2) is 103 Å². The fourth-order valence-electron chi connectivity index (χ4n) is 10.1. The summed E-state index contributed by atoms with van der Waals surface area (Å²) < 4.78 is 37.2. The first kappa shape index (κ1) is 43.1. The van der Waals surface area contributed by atoms with Crippen molar-refractivity contribution in [1.29, 1.82) is 0 Å². The van der Waals surface area contributed by atoms with Crippen molar-refractivity contribution in [2.24, 2.45) is 0 Å². The molecule has 0 saturated carbocycles. The van der Waals surface area contributed by atoms with E-state index in [0.717, 1.165) is 31.2 Å². The van der Waals surface area contributed by atoms with Gasteiger partial charge in [0.2, 0.25) is 0 Å². The Morgan fingerprint density at radius 1 is 0.841 bits per heavy atom. The van der Waals surface area contributed by atoms with E-state index in [1.807, 2.05) is 56.0 Å². The molecule has 3 aliphatic rings. The van der Waals surface area contributed by atoms with Gasteiger partial charge in [-0.2, -0.15) is 9.97 Å². The van der Waals surface area contributed by atoms with E-state index < -0.39 is 19.7 Å². The zero-order valence-electron chi connectivity index (χ0n) is 37.1. The van der Waals surface area contributed by atoms with E-state index in [9.17, 15) is 4.79 Å². The van der Waals surface area contributed by atoms with Crippen LogP contribution in [0.5, 0.6) is 6.01 Å². The van der Waals surface area contributed by atoms with Gasteiger partial charge in [0.05, 0.1) is 23.6 Å². The quantitative estimate of drug-likeness (QED) is 0.132. The highest BCUT2D eigenvalue weighted by Gasteiger charge is 2.52. The Morgan fingerprint density at radius 3 is 2.10 bits per heavy atom. The Hall–Kier alpha value is -5.14. The summed E-state index contributed by atoms with van der Waals surface area (Å²) in [7, 11) is -0.695. The summed E-state index contributed by atoms with van der Waals surface area (Å²) in [5.41, 5.74) is 0.214. The van der Waals surface area contributed by atoms with E-state index >= 15 is 4.39 Å². The van der Waals surface area contributed by atoms with Gasteiger partial charge < -0.3 is 18.8 Å². The molecule has 9 rings (SSSR count). The van der Waals surface area contributed by atoms with E-state index in [0.29, 0.717) is 40.3 Å². The first-order valence-corrected chi connectivity index (χ1v) is 24.3. The van der Waals surface area contributed by atoms with Crippen LogP contribution in [0.4, 0.5) is 15.0 Å². The van der Waals surface area contributed by atoms with Gasteiger partial charge in [0.15, 0.2) is 5.82 Å². The Balaban J connectivity index is 1.04. The highest BCUT2D eigenvalue weighted by Crippen LogP contribution is 2.41. The lowest BCUT2D eigenvalue weighted by Crippen LogP contribution is -2.67. The third kappa shape index (κ3) is 8.15. The number of piperazine rings is 1. The maximum absolute atomic E-state index is 17.3. The molecule has 0 N–H and O–H groups in total. The number of hydrogen-bond donors (Lipinski definition) is 0. The number of nitrogens with zero attached hydrogens (tertiary/aromatic N) is 6. The molecule has 4 atom stereocenters. The standard InChI is InChI=1S/C50H56ClFN6O4Si/c1-49(2,3)61-48(59)58-33-24-25-34(58)29-57(28-33)46-40-27-53-44(39-22-14-16-32-17-15-23-41(51)42(32)39)43(52)45(40)54-47(55-46)60-31-35-26-36(30-56(35)7)62-63(50(4,5)6,37-18-10-8-11-19-37)38-20-12-9-13-21-38/h8-23,27,33-36H,24-26,28-31H2,1-7H3/t33-,34+,35-,36+/m0/s1. The van der Waals surface area contributed by atoms with Crippen molar-refractivity contribution >= 4 is 63.9 Å². The van der Waals surface area contributed by atoms with Crippen LogP contribution in [-0.4, -0.2) is 102 Å². The first-order chi connectivity index (χ1) is 30.1. The number of anilines is 1. The molecule has 0 aliphatic carbocycles.